The molecule has 0 spiro atoms. The molecule has 3 rings (SSSR count). The van der Waals surface area contributed by atoms with E-state index in [1.54, 1.807) is 6.92 Å². The number of hydrogen-bond acceptors (Lipinski definition) is 4. The van der Waals surface area contributed by atoms with Crippen LogP contribution in [0.2, 0.25) is 0 Å². The summed E-state index contributed by atoms with van der Waals surface area (Å²) >= 11 is 1.53. The van der Waals surface area contributed by atoms with Crippen LogP contribution in [-0.2, 0) is 12.8 Å². The van der Waals surface area contributed by atoms with Crippen LogP contribution in [0.1, 0.15) is 33.4 Å². The lowest BCUT2D eigenvalue weighted by Crippen LogP contribution is -2.25. The van der Waals surface area contributed by atoms with Gasteiger partial charge < -0.3 is 4.90 Å². The van der Waals surface area contributed by atoms with Crippen LogP contribution in [0.25, 0.3) is 0 Å². The van der Waals surface area contributed by atoms with E-state index in [1.807, 2.05) is 6.92 Å². The lowest BCUT2D eigenvalue weighted by atomic mass is 10.0. The molecule has 1 aromatic carbocycles. The topological polar surface area (TPSA) is 33.2 Å². The zero-order valence-electron chi connectivity index (χ0n) is 11.8. The Bertz CT molecular complexity index is 621. The minimum absolute atomic E-state index is 0.115. The first-order valence-corrected chi connectivity index (χ1v) is 7.77. The first kappa shape index (κ1) is 13.3. The fourth-order valence-corrected chi connectivity index (χ4v) is 3.72. The molecule has 0 unspecified atom stereocenters. The van der Waals surface area contributed by atoms with Gasteiger partial charge in [-0.3, -0.25) is 4.79 Å². The molecule has 0 radical (unpaired) electrons. The maximum atomic E-state index is 11.6. The van der Waals surface area contributed by atoms with Crippen molar-refractivity contribution < 1.29 is 4.79 Å². The highest BCUT2D eigenvalue weighted by molar-refractivity contribution is 7.17. The molecule has 1 aromatic heterocycles. The Kier molecular flexibility index (Phi) is 3.57. The van der Waals surface area contributed by atoms with E-state index in [4.69, 9.17) is 0 Å². The molecule has 2 aromatic rings. The number of thiazole rings is 1. The van der Waals surface area contributed by atoms with E-state index >= 15 is 0 Å². The Morgan fingerprint density at radius 2 is 1.80 bits per heavy atom. The van der Waals surface area contributed by atoms with Gasteiger partial charge in [0.2, 0.25) is 0 Å². The number of hydrogen-bond donors (Lipinski definition) is 0. The van der Waals surface area contributed by atoms with E-state index in [0.29, 0.717) is 0 Å². The molecule has 0 fully saturated rings. The highest BCUT2D eigenvalue weighted by atomic mass is 32.1. The van der Waals surface area contributed by atoms with E-state index in [1.165, 1.54) is 22.5 Å². The predicted octanol–water partition coefficient (Wildman–Crippen LogP) is 3.26. The third-order valence-corrected chi connectivity index (χ3v) is 5.12. The van der Waals surface area contributed by atoms with Gasteiger partial charge >= 0.3 is 0 Å². The van der Waals surface area contributed by atoms with Gasteiger partial charge in [0.25, 0.3) is 0 Å². The molecule has 0 atom stereocenters. The average Bonchev–Trinajstić information content (AvgIpc) is 2.70. The molecule has 4 heteroatoms. The predicted molar refractivity (Wildman–Crippen MR) is 82.9 cm³/mol. The van der Waals surface area contributed by atoms with Crippen molar-refractivity contribution in [1.29, 1.82) is 0 Å². The summed E-state index contributed by atoms with van der Waals surface area (Å²) < 4.78 is 0. The number of carbonyl (C=O) groups is 1. The second kappa shape index (κ2) is 5.37. The smallest absolute Gasteiger partial charge is 0.186 e. The van der Waals surface area contributed by atoms with E-state index in [9.17, 15) is 4.79 Å². The van der Waals surface area contributed by atoms with Crippen LogP contribution < -0.4 is 4.90 Å². The van der Waals surface area contributed by atoms with Gasteiger partial charge in [-0.15, -0.1) is 0 Å². The maximum absolute atomic E-state index is 11.6. The second-order valence-electron chi connectivity index (χ2n) is 5.22. The summed E-state index contributed by atoms with van der Waals surface area (Å²) in [6.45, 7) is 5.48. The Morgan fingerprint density at radius 1 is 1.20 bits per heavy atom. The summed E-state index contributed by atoms with van der Waals surface area (Å²) in [5.41, 5.74) is 3.74. The van der Waals surface area contributed by atoms with Crippen molar-refractivity contribution in [3.05, 3.63) is 46.0 Å². The molecule has 0 aliphatic carbocycles. The monoisotopic (exact) mass is 286 g/mol. The van der Waals surface area contributed by atoms with Crippen LogP contribution in [0.4, 0.5) is 5.13 Å². The van der Waals surface area contributed by atoms with Gasteiger partial charge in [-0.05, 0) is 30.9 Å². The average molecular weight is 286 g/mol. The lowest BCUT2D eigenvalue weighted by molar-refractivity contribution is 0.102. The number of carbonyl (C=O) groups excluding carboxylic acids is 1. The lowest BCUT2D eigenvalue weighted by Gasteiger charge is -2.18. The first-order chi connectivity index (χ1) is 9.65. The molecule has 20 heavy (non-hydrogen) atoms. The van der Waals surface area contributed by atoms with Crippen LogP contribution in [0, 0.1) is 6.92 Å². The van der Waals surface area contributed by atoms with Crippen LogP contribution in [0.5, 0.6) is 0 Å². The van der Waals surface area contributed by atoms with E-state index in [-0.39, 0.29) is 5.78 Å². The van der Waals surface area contributed by atoms with Gasteiger partial charge in [-0.2, -0.15) is 0 Å². The summed E-state index contributed by atoms with van der Waals surface area (Å²) in [5, 5.41) is 0.987. The molecule has 1 aliphatic rings. The minimum atomic E-state index is 0.115. The summed E-state index contributed by atoms with van der Waals surface area (Å²) in [5.74, 6) is 0.115. The van der Waals surface area contributed by atoms with Gasteiger partial charge in [0.1, 0.15) is 0 Å². The third kappa shape index (κ3) is 2.48. The van der Waals surface area contributed by atoms with Gasteiger partial charge in [0.05, 0.1) is 10.6 Å². The largest absolute Gasteiger partial charge is 0.347 e. The van der Waals surface area contributed by atoms with Crippen molar-refractivity contribution in [1.82, 2.24) is 4.98 Å². The molecule has 0 bridgehead atoms. The second-order valence-corrected chi connectivity index (χ2v) is 6.20. The number of Topliss-reactive ketones (excluding diaryl/α,β-unsaturated/α-hetero) is 1. The van der Waals surface area contributed by atoms with E-state index in [2.05, 4.69) is 34.1 Å². The number of aryl methyl sites for hydroxylation is 1. The fourth-order valence-electron chi connectivity index (χ4n) is 2.70. The number of ketones is 1. The molecular weight excluding hydrogens is 268 g/mol. The van der Waals surface area contributed by atoms with Crippen LogP contribution in [-0.4, -0.2) is 23.9 Å². The van der Waals surface area contributed by atoms with Crippen LogP contribution in [0.3, 0.4) is 0 Å². The molecule has 2 heterocycles. The molecule has 0 saturated heterocycles. The van der Waals surface area contributed by atoms with E-state index in [0.717, 1.165) is 41.6 Å². The molecule has 0 amide bonds. The number of fused-ring (bicyclic) bond motifs is 1. The molecule has 0 N–H and O–H groups in total. The van der Waals surface area contributed by atoms with Crippen LogP contribution in [0.15, 0.2) is 24.3 Å². The Balaban J connectivity index is 1.83. The summed E-state index contributed by atoms with van der Waals surface area (Å²) in [4.78, 5) is 19.2. The number of aromatic nitrogens is 1. The Labute approximate surface area is 123 Å². The number of nitrogens with zero attached hydrogens (tertiary/aromatic N) is 2. The van der Waals surface area contributed by atoms with E-state index < -0.39 is 0 Å². The van der Waals surface area contributed by atoms with Gasteiger partial charge in [-0.1, -0.05) is 35.6 Å². The van der Waals surface area contributed by atoms with Gasteiger partial charge in [0.15, 0.2) is 10.9 Å². The number of anilines is 1. The molecule has 0 saturated carbocycles. The summed E-state index contributed by atoms with van der Waals surface area (Å²) in [7, 11) is 0. The highest BCUT2D eigenvalue weighted by Gasteiger charge is 2.19. The minimum Gasteiger partial charge on any atom is -0.347 e. The van der Waals surface area contributed by atoms with Crippen molar-refractivity contribution in [3.63, 3.8) is 0 Å². The molecule has 1 aliphatic heterocycles. The van der Waals surface area contributed by atoms with Crippen molar-refractivity contribution >= 4 is 22.3 Å². The summed E-state index contributed by atoms with van der Waals surface area (Å²) in [6.07, 6.45) is 2.09. The van der Waals surface area contributed by atoms with Crippen LogP contribution >= 0.6 is 11.3 Å². The quantitative estimate of drug-likeness (QED) is 0.795. The van der Waals surface area contributed by atoms with Gasteiger partial charge in [-0.25, -0.2) is 4.98 Å². The van der Waals surface area contributed by atoms with Crippen molar-refractivity contribution in [2.75, 3.05) is 18.0 Å². The van der Waals surface area contributed by atoms with Crippen molar-refractivity contribution in [3.8, 4) is 0 Å². The molecule has 3 nitrogen and oxygen atoms in total. The van der Waals surface area contributed by atoms with Gasteiger partial charge in [0, 0.05) is 20.0 Å². The standard InChI is InChI=1S/C16H18N2OS/c1-11-15(12(2)19)20-16(17-11)18-9-7-13-5-3-4-6-14(13)8-10-18/h3-6H,7-10H2,1-2H3. The number of benzene rings is 1. The Hall–Kier alpha value is -1.68. The zero-order valence-corrected chi connectivity index (χ0v) is 12.7. The highest BCUT2D eigenvalue weighted by Crippen LogP contribution is 2.28. The zero-order chi connectivity index (χ0) is 14.1. The number of rotatable bonds is 2. The Morgan fingerprint density at radius 3 is 2.30 bits per heavy atom. The molecular formula is C16H18N2OS. The third-order valence-electron chi connectivity index (χ3n) is 3.80. The fraction of sp³-hybridized carbons (Fsp3) is 0.375. The normalized spacial score (nSPS) is 14.8. The summed E-state index contributed by atoms with van der Waals surface area (Å²) in [6, 6.07) is 8.64. The van der Waals surface area contributed by atoms with Crippen molar-refractivity contribution in [2.45, 2.75) is 26.7 Å². The first-order valence-electron chi connectivity index (χ1n) is 6.95. The van der Waals surface area contributed by atoms with Crippen molar-refractivity contribution in [2.24, 2.45) is 0 Å². The maximum Gasteiger partial charge on any atom is 0.186 e. The SMILES string of the molecule is CC(=O)c1sc(N2CCc3ccccc3CC2)nc1C. The molecule has 104 valence electrons.